The highest BCUT2D eigenvalue weighted by Gasteiger charge is 2.27. The van der Waals surface area contributed by atoms with Crippen molar-refractivity contribution in [2.45, 2.75) is 20.8 Å². The second-order valence-electron chi connectivity index (χ2n) is 8.91. The summed E-state index contributed by atoms with van der Waals surface area (Å²) in [6, 6.07) is 24.9. The highest BCUT2D eigenvalue weighted by Crippen LogP contribution is 2.33. The monoisotopic (exact) mass is 435 g/mol. The number of hydrogen-bond acceptors (Lipinski definition) is 3. The number of anilines is 1. The molecule has 2 heterocycles. The van der Waals surface area contributed by atoms with Gasteiger partial charge in [0.1, 0.15) is 0 Å². The van der Waals surface area contributed by atoms with E-state index in [0.29, 0.717) is 13.1 Å². The van der Waals surface area contributed by atoms with Gasteiger partial charge in [-0.15, -0.1) is 0 Å². The maximum Gasteiger partial charge on any atom is 0.255 e. The summed E-state index contributed by atoms with van der Waals surface area (Å²) in [5.41, 5.74) is 8.18. The van der Waals surface area contributed by atoms with Crippen LogP contribution in [-0.2, 0) is 0 Å². The molecule has 0 atom stereocenters. The fourth-order valence-corrected chi connectivity index (χ4v) is 4.80. The summed E-state index contributed by atoms with van der Waals surface area (Å²) in [7, 11) is 0. The molecule has 0 N–H and O–H groups in total. The zero-order valence-corrected chi connectivity index (χ0v) is 19.5. The predicted molar refractivity (Wildman–Crippen MR) is 136 cm³/mol. The van der Waals surface area contributed by atoms with E-state index in [2.05, 4.69) is 61.2 Å². The number of carbonyl (C=O) groups excluding carboxylic acids is 1. The zero-order chi connectivity index (χ0) is 22.9. The standard InChI is InChI=1S/C29H29N3O/c1-20-13-14-21(2)25(19-20)28-22(3)27(24-11-7-8-12-26(24)30-28)29(33)32-17-15-31(16-18-32)23-9-5-4-6-10-23/h4-14,19H,15-18H2,1-3H3. The summed E-state index contributed by atoms with van der Waals surface area (Å²) in [6.07, 6.45) is 0. The fourth-order valence-electron chi connectivity index (χ4n) is 4.80. The molecule has 1 saturated heterocycles. The summed E-state index contributed by atoms with van der Waals surface area (Å²) in [4.78, 5) is 23.3. The molecular formula is C29H29N3O. The Bertz CT molecular complexity index is 1320. The number of para-hydroxylation sites is 2. The number of fused-ring (bicyclic) bond motifs is 1. The molecule has 0 spiro atoms. The first-order chi connectivity index (χ1) is 16.0. The minimum absolute atomic E-state index is 0.102. The lowest BCUT2D eigenvalue weighted by molar-refractivity contribution is 0.0748. The number of aromatic nitrogens is 1. The Hall–Kier alpha value is -3.66. The number of nitrogens with zero attached hydrogens (tertiary/aromatic N) is 3. The number of pyridine rings is 1. The van der Waals surface area contributed by atoms with E-state index in [1.165, 1.54) is 16.8 Å². The van der Waals surface area contributed by atoms with Crippen LogP contribution in [0.2, 0.25) is 0 Å². The smallest absolute Gasteiger partial charge is 0.255 e. The quantitative estimate of drug-likeness (QED) is 0.409. The first-order valence-corrected chi connectivity index (χ1v) is 11.6. The molecule has 4 aromatic rings. The second-order valence-corrected chi connectivity index (χ2v) is 8.91. The molecule has 33 heavy (non-hydrogen) atoms. The van der Waals surface area contributed by atoms with E-state index in [-0.39, 0.29) is 5.91 Å². The Balaban J connectivity index is 1.53. The molecule has 0 aliphatic carbocycles. The van der Waals surface area contributed by atoms with Crippen molar-refractivity contribution in [1.29, 1.82) is 0 Å². The lowest BCUT2D eigenvalue weighted by atomic mass is 9.94. The highest BCUT2D eigenvalue weighted by molar-refractivity contribution is 6.09. The third kappa shape index (κ3) is 3.97. The van der Waals surface area contributed by atoms with Gasteiger partial charge in [0.05, 0.1) is 16.8 Å². The van der Waals surface area contributed by atoms with Gasteiger partial charge in [0, 0.05) is 42.8 Å². The van der Waals surface area contributed by atoms with Gasteiger partial charge in [-0.25, -0.2) is 4.98 Å². The summed E-state index contributed by atoms with van der Waals surface area (Å²) in [5, 5.41) is 0.930. The van der Waals surface area contributed by atoms with E-state index in [4.69, 9.17) is 4.98 Å². The second kappa shape index (κ2) is 8.70. The van der Waals surface area contributed by atoms with Gasteiger partial charge in [-0.1, -0.05) is 54.1 Å². The number of benzene rings is 3. The van der Waals surface area contributed by atoms with Crippen molar-refractivity contribution >= 4 is 22.5 Å². The Morgan fingerprint density at radius 1 is 0.818 bits per heavy atom. The predicted octanol–water partition coefficient (Wildman–Crippen LogP) is 5.79. The van der Waals surface area contributed by atoms with Crippen molar-refractivity contribution in [2.24, 2.45) is 0 Å². The van der Waals surface area contributed by atoms with Crippen molar-refractivity contribution in [2.75, 3.05) is 31.1 Å². The molecule has 0 radical (unpaired) electrons. The Morgan fingerprint density at radius 2 is 1.52 bits per heavy atom. The Kier molecular flexibility index (Phi) is 5.59. The minimum atomic E-state index is 0.102. The van der Waals surface area contributed by atoms with Crippen molar-refractivity contribution in [3.8, 4) is 11.3 Å². The molecule has 3 aromatic carbocycles. The van der Waals surface area contributed by atoms with Crippen molar-refractivity contribution in [3.05, 3.63) is 95.1 Å². The van der Waals surface area contributed by atoms with Crippen LogP contribution >= 0.6 is 0 Å². The molecular weight excluding hydrogens is 406 g/mol. The molecule has 1 aliphatic rings. The number of piperazine rings is 1. The molecule has 1 aliphatic heterocycles. The Morgan fingerprint density at radius 3 is 2.27 bits per heavy atom. The molecule has 4 heteroatoms. The Labute approximate surface area is 195 Å². The average Bonchev–Trinajstić information content (AvgIpc) is 2.85. The van der Waals surface area contributed by atoms with Crippen LogP contribution in [0, 0.1) is 20.8 Å². The normalized spacial score (nSPS) is 14.0. The third-order valence-corrected chi connectivity index (χ3v) is 6.69. The van der Waals surface area contributed by atoms with Crippen LogP contribution in [0.3, 0.4) is 0 Å². The van der Waals surface area contributed by atoms with Gasteiger partial charge < -0.3 is 9.80 Å². The highest BCUT2D eigenvalue weighted by atomic mass is 16.2. The molecule has 4 nitrogen and oxygen atoms in total. The first-order valence-electron chi connectivity index (χ1n) is 11.6. The van der Waals surface area contributed by atoms with E-state index in [1.54, 1.807) is 0 Å². The van der Waals surface area contributed by atoms with Gasteiger partial charge in [0.15, 0.2) is 0 Å². The van der Waals surface area contributed by atoms with Crippen molar-refractivity contribution in [1.82, 2.24) is 9.88 Å². The number of amides is 1. The summed E-state index contributed by atoms with van der Waals surface area (Å²) < 4.78 is 0. The number of rotatable bonds is 3. The van der Waals surface area contributed by atoms with Crippen LogP contribution in [0.25, 0.3) is 22.2 Å². The van der Waals surface area contributed by atoms with E-state index in [1.807, 2.05) is 42.2 Å². The van der Waals surface area contributed by atoms with Crippen LogP contribution < -0.4 is 4.90 Å². The number of hydrogen-bond donors (Lipinski definition) is 0. The molecule has 1 aromatic heterocycles. The lowest BCUT2D eigenvalue weighted by Crippen LogP contribution is -2.49. The zero-order valence-electron chi connectivity index (χ0n) is 19.5. The first kappa shape index (κ1) is 21.2. The number of carbonyl (C=O) groups is 1. The van der Waals surface area contributed by atoms with Crippen LogP contribution in [0.4, 0.5) is 5.69 Å². The van der Waals surface area contributed by atoms with E-state index < -0.39 is 0 Å². The van der Waals surface area contributed by atoms with E-state index >= 15 is 0 Å². The van der Waals surface area contributed by atoms with E-state index in [0.717, 1.165) is 46.4 Å². The molecule has 5 rings (SSSR count). The van der Waals surface area contributed by atoms with Crippen molar-refractivity contribution in [3.63, 3.8) is 0 Å². The molecule has 1 amide bonds. The molecule has 166 valence electrons. The van der Waals surface area contributed by atoms with Crippen LogP contribution in [-0.4, -0.2) is 42.0 Å². The largest absolute Gasteiger partial charge is 0.368 e. The molecule has 0 saturated carbocycles. The fraction of sp³-hybridized carbons (Fsp3) is 0.241. The summed E-state index contributed by atoms with van der Waals surface area (Å²) in [6.45, 7) is 9.34. The van der Waals surface area contributed by atoms with Gasteiger partial charge in [-0.2, -0.15) is 0 Å². The van der Waals surface area contributed by atoms with Gasteiger partial charge in [-0.05, 0) is 56.2 Å². The third-order valence-electron chi connectivity index (χ3n) is 6.69. The van der Waals surface area contributed by atoms with Gasteiger partial charge in [0.2, 0.25) is 0 Å². The van der Waals surface area contributed by atoms with Gasteiger partial charge in [-0.3, -0.25) is 4.79 Å². The van der Waals surface area contributed by atoms with E-state index in [9.17, 15) is 4.79 Å². The van der Waals surface area contributed by atoms with Gasteiger partial charge in [0.25, 0.3) is 5.91 Å². The molecule has 0 bridgehead atoms. The van der Waals surface area contributed by atoms with Crippen molar-refractivity contribution < 1.29 is 4.79 Å². The molecule has 1 fully saturated rings. The van der Waals surface area contributed by atoms with Crippen LogP contribution in [0.1, 0.15) is 27.0 Å². The maximum atomic E-state index is 13.9. The topological polar surface area (TPSA) is 36.4 Å². The van der Waals surface area contributed by atoms with Gasteiger partial charge >= 0.3 is 0 Å². The summed E-state index contributed by atoms with van der Waals surface area (Å²) in [5.74, 6) is 0.102. The minimum Gasteiger partial charge on any atom is -0.368 e. The van der Waals surface area contributed by atoms with Crippen LogP contribution in [0.15, 0.2) is 72.8 Å². The molecule has 0 unspecified atom stereocenters. The lowest BCUT2D eigenvalue weighted by Gasteiger charge is -2.36. The number of aryl methyl sites for hydroxylation is 2. The SMILES string of the molecule is Cc1ccc(C)c(-c2nc3ccccc3c(C(=O)N3CCN(c4ccccc4)CC3)c2C)c1. The average molecular weight is 436 g/mol. The summed E-state index contributed by atoms with van der Waals surface area (Å²) >= 11 is 0. The van der Waals surface area contributed by atoms with Crippen LogP contribution in [0.5, 0.6) is 0 Å². The maximum absolute atomic E-state index is 13.9.